The minimum Gasteiger partial charge on any atom is -0.481 e. The molecule has 0 amide bonds. The van der Waals surface area contributed by atoms with Crippen LogP contribution in [0.5, 0.6) is 0 Å². The number of carboxylic acid groups (broad SMARTS) is 1. The standard InChI is InChI=1S/C10H15FO3/c1-7(12)10(6-11)4-2-8(3-5-10)9(13)14/h8H,2-6H2,1H3,(H,13,14). The Labute approximate surface area is 82.3 Å². The number of carbonyl (C=O) groups is 2. The van der Waals surface area contributed by atoms with Gasteiger partial charge in [0.15, 0.2) is 0 Å². The van der Waals surface area contributed by atoms with E-state index >= 15 is 0 Å². The van der Waals surface area contributed by atoms with Gasteiger partial charge in [-0.1, -0.05) is 0 Å². The van der Waals surface area contributed by atoms with Crippen LogP contribution in [0.1, 0.15) is 32.6 Å². The van der Waals surface area contributed by atoms with Gasteiger partial charge in [-0.25, -0.2) is 0 Å². The summed E-state index contributed by atoms with van der Waals surface area (Å²) in [5.74, 6) is -1.38. The van der Waals surface area contributed by atoms with Crippen LogP contribution < -0.4 is 0 Å². The topological polar surface area (TPSA) is 54.4 Å². The van der Waals surface area contributed by atoms with Gasteiger partial charge in [0, 0.05) is 0 Å². The summed E-state index contributed by atoms with van der Waals surface area (Å²) in [5, 5.41) is 8.74. The van der Waals surface area contributed by atoms with E-state index in [2.05, 4.69) is 0 Å². The Balaban J connectivity index is 2.64. The molecule has 1 fully saturated rings. The lowest BCUT2D eigenvalue weighted by Crippen LogP contribution is -2.37. The molecule has 0 saturated heterocycles. The molecule has 3 nitrogen and oxygen atoms in total. The van der Waals surface area contributed by atoms with Gasteiger partial charge >= 0.3 is 5.97 Å². The van der Waals surface area contributed by atoms with Crippen molar-refractivity contribution in [2.24, 2.45) is 11.3 Å². The van der Waals surface area contributed by atoms with E-state index in [4.69, 9.17) is 5.11 Å². The zero-order chi connectivity index (χ0) is 10.8. The molecule has 0 aromatic heterocycles. The first kappa shape index (κ1) is 11.1. The zero-order valence-corrected chi connectivity index (χ0v) is 8.25. The molecule has 1 N–H and O–H groups in total. The fourth-order valence-electron chi connectivity index (χ4n) is 2.00. The summed E-state index contributed by atoms with van der Waals surface area (Å²) in [7, 11) is 0. The molecule has 0 aliphatic heterocycles. The summed E-state index contributed by atoms with van der Waals surface area (Å²) in [6.45, 7) is 0.731. The molecule has 1 aliphatic carbocycles. The van der Waals surface area contributed by atoms with E-state index in [1.807, 2.05) is 0 Å². The van der Waals surface area contributed by atoms with Gasteiger partial charge in [0.1, 0.15) is 12.5 Å². The van der Waals surface area contributed by atoms with Gasteiger partial charge in [-0.3, -0.25) is 14.0 Å². The van der Waals surface area contributed by atoms with E-state index in [1.165, 1.54) is 6.92 Å². The van der Waals surface area contributed by atoms with Crippen molar-refractivity contribution in [1.82, 2.24) is 0 Å². The number of Topliss-reactive ketones (excluding diaryl/α,β-unsaturated/α-hetero) is 1. The van der Waals surface area contributed by atoms with Crippen molar-refractivity contribution in [3.05, 3.63) is 0 Å². The van der Waals surface area contributed by atoms with Crippen LogP contribution in [-0.2, 0) is 9.59 Å². The normalized spacial score (nSPS) is 32.6. The highest BCUT2D eigenvalue weighted by atomic mass is 19.1. The maximum atomic E-state index is 12.7. The minimum atomic E-state index is -0.883. The fraction of sp³-hybridized carbons (Fsp3) is 0.800. The van der Waals surface area contributed by atoms with E-state index in [9.17, 15) is 14.0 Å². The summed E-state index contributed by atoms with van der Waals surface area (Å²) in [6, 6.07) is 0. The largest absolute Gasteiger partial charge is 0.481 e. The summed E-state index contributed by atoms with van der Waals surface area (Å²) < 4.78 is 12.7. The Bertz CT molecular complexity index is 242. The van der Waals surface area contributed by atoms with Crippen molar-refractivity contribution in [2.45, 2.75) is 32.6 Å². The SMILES string of the molecule is CC(=O)C1(CF)CCC(C(=O)O)CC1. The first-order valence-corrected chi connectivity index (χ1v) is 4.81. The van der Waals surface area contributed by atoms with E-state index in [1.54, 1.807) is 0 Å². The molecule has 0 aromatic rings. The molecule has 1 rings (SSSR count). The maximum Gasteiger partial charge on any atom is 0.306 e. The minimum absolute atomic E-state index is 0.149. The number of ketones is 1. The van der Waals surface area contributed by atoms with E-state index in [-0.39, 0.29) is 5.78 Å². The predicted octanol–water partition coefficient (Wildman–Crippen LogP) is 1.81. The van der Waals surface area contributed by atoms with E-state index in [0.717, 1.165) is 0 Å². The molecule has 1 saturated carbocycles. The predicted molar refractivity (Wildman–Crippen MR) is 48.7 cm³/mol. The zero-order valence-electron chi connectivity index (χ0n) is 8.25. The van der Waals surface area contributed by atoms with Gasteiger partial charge in [0.2, 0.25) is 0 Å². The second-order valence-corrected chi connectivity index (χ2v) is 4.08. The number of alkyl halides is 1. The molecule has 0 atom stereocenters. The maximum absolute atomic E-state index is 12.7. The Morgan fingerprint density at radius 1 is 1.43 bits per heavy atom. The van der Waals surface area contributed by atoms with E-state index in [0.29, 0.717) is 25.7 Å². The molecule has 0 heterocycles. The van der Waals surface area contributed by atoms with Crippen molar-refractivity contribution in [3.63, 3.8) is 0 Å². The molecule has 0 spiro atoms. The van der Waals surface area contributed by atoms with Crippen LogP contribution in [0.4, 0.5) is 4.39 Å². The lowest BCUT2D eigenvalue weighted by Gasteiger charge is -2.34. The average Bonchev–Trinajstić information content (AvgIpc) is 2.17. The second kappa shape index (κ2) is 4.07. The van der Waals surface area contributed by atoms with E-state index < -0.39 is 24.0 Å². The molecule has 1 aliphatic rings. The lowest BCUT2D eigenvalue weighted by atomic mass is 9.69. The molecule has 0 bridgehead atoms. The quantitative estimate of drug-likeness (QED) is 0.759. The highest BCUT2D eigenvalue weighted by molar-refractivity contribution is 5.83. The first-order valence-electron chi connectivity index (χ1n) is 4.81. The van der Waals surface area contributed by atoms with Crippen LogP contribution >= 0.6 is 0 Å². The number of hydrogen-bond donors (Lipinski definition) is 1. The first-order chi connectivity index (χ1) is 6.52. The number of carboxylic acids is 1. The van der Waals surface area contributed by atoms with Gasteiger partial charge in [0.05, 0.1) is 11.3 Å². The van der Waals surface area contributed by atoms with Crippen LogP contribution in [0.15, 0.2) is 0 Å². The number of aliphatic carboxylic acids is 1. The number of hydrogen-bond acceptors (Lipinski definition) is 2. The van der Waals surface area contributed by atoms with Crippen LogP contribution in [-0.4, -0.2) is 23.5 Å². The summed E-state index contributed by atoms with van der Waals surface area (Å²) in [5.41, 5.74) is -0.883. The molecular formula is C10H15FO3. The van der Waals surface area contributed by atoms with Crippen LogP contribution in [0.2, 0.25) is 0 Å². The number of rotatable bonds is 3. The number of carbonyl (C=O) groups excluding carboxylic acids is 1. The third-order valence-corrected chi connectivity index (χ3v) is 3.29. The Morgan fingerprint density at radius 2 is 1.93 bits per heavy atom. The summed E-state index contributed by atoms with van der Waals surface area (Å²) in [6.07, 6.45) is 1.57. The van der Waals surface area contributed by atoms with Crippen molar-refractivity contribution in [1.29, 1.82) is 0 Å². The molecule has 4 heteroatoms. The second-order valence-electron chi connectivity index (χ2n) is 4.08. The van der Waals surface area contributed by atoms with Crippen LogP contribution in [0.3, 0.4) is 0 Å². The van der Waals surface area contributed by atoms with Crippen molar-refractivity contribution in [3.8, 4) is 0 Å². The van der Waals surface area contributed by atoms with Crippen molar-refractivity contribution >= 4 is 11.8 Å². The highest BCUT2D eigenvalue weighted by Crippen LogP contribution is 2.40. The van der Waals surface area contributed by atoms with Crippen molar-refractivity contribution < 1.29 is 19.1 Å². The molecular weight excluding hydrogens is 187 g/mol. The molecule has 80 valence electrons. The van der Waals surface area contributed by atoms with Crippen LogP contribution in [0, 0.1) is 11.3 Å². The monoisotopic (exact) mass is 202 g/mol. The Kier molecular flexibility index (Phi) is 3.24. The van der Waals surface area contributed by atoms with Gasteiger partial charge in [-0.05, 0) is 32.6 Å². The lowest BCUT2D eigenvalue weighted by molar-refractivity contribution is -0.145. The summed E-state index contributed by atoms with van der Waals surface area (Å²) >= 11 is 0. The Hall–Kier alpha value is -0.930. The fourth-order valence-corrected chi connectivity index (χ4v) is 2.00. The van der Waals surface area contributed by atoms with Crippen molar-refractivity contribution in [2.75, 3.05) is 6.67 Å². The van der Waals surface area contributed by atoms with Gasteiger partial charge in [-0.2, -0.15) is 0 Å². The smallest absolute Gasteiger partial charge is 0.306 e. The molecule has 0 aromatic carbocycles. The molecule has 0 radical (unpaired) electrons. The third kappa shape index (κ3) is 1.94. The van der Waals surface area contributed by atoms with Crippen LogP contribution in [0.25, 0.3) is 0 Å². The van der Waals surface area contributed by atoms with Gasteiger partial charge in [-0.15, -0.1) is 0 Å². The average molecular weight is 202 g/mol. The molecule has 0 unspecified atom stereocenters. The van der Waals surface area contributed by atoms with Gasteiger partial charge < -0.3 is 5.11 Å². The highest BCUT2D eigenvalue weighted by Gasteiger charge is 2.41. The summed E-state index contributed by atoms with van der Waals surface area (Å²) in [4.78, 5) is 21.9. The van der Waals surface area contributed by atoms with Gasteiger partial charge in [0.25, 0.3) is 0 Å². The Morgan fingerprint density at radius 3 is 2.21 bits per heavy atom. The number of halogens is 1. The molecule has 14 heavy (non-hydrogen) atoms. The third-order valence-electron chi connectivity index (χ3n) is 3.29.